The number of rotatable bonds is 6. The zero-order chi connectivity index (χ0) is 39.3. The number of nitrogens with zero attached hydrogens (tertiary/aromatic N) is 8. The Morgan fingerprint density at radius 1 is 0.615 bits per heavy atom. The number of hydrogen-bond donors (Lipinski definition) is 15. The second kappa shape index (κ2) is 17.3. The van der Waals surface area contributed by atoms with Gasteiger partial charge in [-0.3, -0.25) is 9.13 Å². The van der Waals surface area contributed by atoms with Gasteiger partial charge in [0.15, 0.2) is 35.4 Å². The van der Waals surface area contributed by atoms with Crippen LogP contribution in [0.2, 0.25) is 0 Å². The number of ether oxygens (including phenoxy) is 2. The van der Waals surface area contributed by atoms with Gasteiger partial charge in [-0.25, -0.2) is 43.6 Å². The summed E-state index contributed by atoms with van der Waals surface area (Å²) in [4.78, 5) is 76.3. The van der Waals surface area contributed by atoms with E-state index in [0.29, 0.717) is 22.3 Å². The first-order valence-corrected chi connectivity index (χ1v) is 18.3. The first kappa shape index (κ1) is 43.2. The van der Waals surface area contributed by atoms with Crippen LogP contribution in [0.3, 0.4) is 0 Å². The number of imidazole rings is 2. The summed E-state index contributed by atoms with van der Waals surface area (Å²) in [5.74, 6) is 0.436. The predicted molar refractivity (Wildman–Crippen MR) is 165 cm³/mol. The van der Waals surface area contributed by atoms with Crippen molar-refractivity contribution in [2.24, 2.45) is 0 Å². The lowest BCUT2D eigenvalue weighted by Crippen LogP contribution is -2.33. The fourth-order valence-electron chi connectivity index (χ4n) is 4.47. The first-order valence-electron chi connectivity index (χ1n) is 13.7. The molecule has 52 heavy (non-hydrogen) atoms. The molecule has 4 aromatic rings. The molecule has 0 spiro atoms. The molecular formula is C20H33N10O19P3. The Bertz CT molecular complexity index is 1800. The van der Waals surface area contributed by atoms with Crippen molar-refractivity contribution in [3.8, 4) is 0 Å². The minimum atomic E-state index is -5.05. The quantitative estimate of drug-likeness (QED) is 0.0807. The van der Waals surface area contributed by atoms with Gasteiger partial charge < -0.3 is 85.8 Å². The molecule has 0 aromatic carbocycles. The average Bonchev–Trinajstić information content (AvgIpc) is 3.77. The highest BCUT2D eigenvalue weighted by molar-refractivity contribution is 7.60. The maximum absolute atomic E-state index is 9.95. The van der Waals surface area contributed by atoms with E-state index in [1.165, 1.54) is 34.4 Å². The Morgan fingerprint density at radius 2 is 0.942 bits per heavy atom. The number of anilines is 2. The van der Waals surface area contributed by atoms with Gasteiger partial charge in [0.05, 0.1) is 25.9 Å². The third kappa shape index (κ3) is 11.4. The minimum absolute atomic E-state index is 0.218. The SMILES string of the molecule is Nc1ncnc2c1ncn2[C@@H]1O[C@H](CO)[C@@H](O)[C@H]1O.Nc1ncnc2c1ncn2[C@@H]1O[C@H](CO)[C@@H](O)[C@H]1O.O=P(O)(O)O.O=P(O)(O)OP(=O)(O)O. The number of aliphatic hydroxyl groups is 6. The van der Waals surface area contributed by atoms with Crippen molar-refractivity contribution in [3.05, 3.63) is 25.3 Å². The fourth-order valence-corrected chi connectivity index (χ4v) is 5.58. The molecule has 6 rings (SSSR count). The van der Waals surface area contributed by atoms with E-state index in [4.69, 9.17) is 70.0 Å². The van der Waals surface area contributed by atoms with Crippen LogP contribution in [-0.2, 0) is 27.5 Å². The van der Waals surface area contributed by atoms with Gasteiger partial charge in [-0.2, -0.15) is 4.31 Å². The van der Waals surface area contributed by atoms with Crippen molar-refractivity contribution < 1.29 is 92.4 Å². The fraction of sp³-hybridized carbons (Fsp3) is 0.500. The van der Waals surface area contributed by atoms with Crippen LogP contribution in [0, 0.1) is 0 Å². The minimum Gasteiger partial charge on any atom is -0.394 e. The lowest BCUT2D eigenvalue weighted by molar-refractivity contribution is -0.0511. The van der Waals surface area contributed by atoms with Crippen LogP contribution in [-0.4, -0.2) is 154 Å². The van der Waals surface area contributed by atoms with Gasteiger partial charge in [-0.05, 0) is 0 Å². The van der Waals surface area contributed by atoms with E-state index in [-0.39, 0.29) is 11.6 Å². The van der Waals surface area contributed by atoms with Gasteiger partial charge in [0.1, 0.15) is 60.3 Å². The maximum Gasteiger partial charge on any atom is 0.478 e. The van der Waals surface area contributed by atoms with Crippen molar-refractivity contribution >= 4 is 57.4 Å². The van der Waals surface area contributed by atoms with E-state index in [9.17, 15) is 29.6 Å². The number of fused-ring (bicyclic) bond motifs is 2. The molecule has 17 N–H and O–H groups in total. The van der Waals surface area contributed by atoms with E-state index in [0.717, 1.165) is 0 Å². The molecule has 292 valence electrons. The van der Waals surface area contributed by atoms with Crippen LogP contribution in [0.5, 0.6) is 0 Å². The molecule has 29 nitrogen and oxygen atoms in total. The molecule has 0 saturated carbocycles. The summed E-state index contributed by atoms with van der Waals surface area (Å²) in [5, 5.41) is 57.5. The molecular weight excluding hydrogens is 777 g/mol. The first-order chi connectivity index (χ1) is 24.0. The van der Waals surface area contributed by atoms with Crippen molar-refractivity contribution in [2.45, 2.75) is 49.1 Å². The molecule has 32 heteroatoms. The molecule has 6 heterocycles. The van der Waals surface area contributed by atoms with Crippen molar-refractivity contribution in [1.82, 2.24) is 39.0 Å². The molecule has 2 saturated heterocycles. The van der Waals surface area contributed by atoms with Gasteiger partial charge in [-0.1, -0.05) is 0 Å². The summed E-state index contributed by atoms with van der Waals surface area (Å²) in [6.45, 7) is -0.781. The van der Waals surface area contributed by atoms with Crippen LogP contribution in [0.1, 0.15) is 12.5 Å². The van der Waals surface area contributed by atoms with Crippen molar-refractivity contribution in [1.29, 1.82) is 0 Å². The molecule has 2 aliphatic rings. The van der Waals surface area contributed by atoms with Crippen molar-refractivity contribution in [3.63, 3.8) is 0 Å². The standard InChI is InChI=1S/2C10H13N5O4.H4O7P2.H3O4P/c2*11-8-5-9(13-2-12-8)15(3-14-5)10-7(18)6(17)4(1-16)19-10;1-8(2,3)7-9(4,5)6;1-5(2,3)4/h2*2-4,6-7,10,16-18H,1H2,(H2,11,12,13);(H2,1,2,3)(H2,4,5,6);(H3,1,2,3,4)/t2*4-,6-,7-,10-;;/m11../s1. The Labute approximate surface area is 288 Å². The van der Waals surface area contributed by atoms with Crippen LogP contribution >= 0.6 is 23.5 Å². The summed E-state index contributed by atoms with van der Waals surface area (Å²) < 4.78 is 44.8. The van der Waals surface area contributed by atoms with Crippen LogP contribution in [0.25, 0.3) is 22.3 Å². The summed E-state index contributed by atoms with van der Waals surface area (Å²) in [5.41, 5.74) is 12.9. The zero-order valence-electron chi connectivity index (χ0n) is 25.7. The third-order valence-corrected chi connectivity index (χ3v) is 8.27. The summed E-state index contributed by atoms with van der Waals surface area (Å²) >= 11 is 0. The number of phosphoric acid groups is 3. The molecule has 2 aliphatic heterocycles. The van der Waals surface area contributed by atoms with Crippen LogP contribution in [0.4, 0.5) is 11.6 Å². The van der Waals surface area contributed by atoms with Gasteiger partial charge >= 0.3 is 23.5 Å². The molecule has 0 aliphatic carbocycles. The molecule has 2 fully saturated rings. The van der Waals surface area contributed by atoms with Crippen LogP contribution in [0.15, 0.2) is 25.3 Å². The average molecular weight is 810 g/mol. The summed E-state index contributed by atoms with van der Waals surface area (Å²) in [6.07, 6.45) is -2.85. The molecule has 8 atom stereocenters. The van der Waals surface area contributed by atoms with Crippen LogP contribution < -0.4 is 11.5 Å². The maximum atomic E-state index is 9.95. The molecule has 4 aromatic heterocycles. The smallest absolute Gasteiger partial charge is 0.394 e. The predicted octanol–water partition coefficient (Wildman–Crippen LogP) is -5.70. The van der Waals surface area contributed by atoms with Gasteiger partial charge in [0.25, 0.3) is 0 Å². The Balaban J connectivity index is 0.000000208. The normalized spacial score (nSPS) is 26.2. The number of aliphatic hydroxyl groups excluding tert-OH is 6. The van der Waals surface area contributed by atoms with E-state index in [1.54, 1.807) is 0 Å². The number of nitrogen functional groups attached to an aromatic ring is 2. The van der Waals surface area contributed by atoms with Gasteiger partial charge in [-0.15, -0.1) is 0 Å². The van der Waals surface area contributed by atoms with E-state index in [1.807, 2.05) is 0 Å². The van der Waals surface area contributed by atoms with E-state index >= 15 is 0 Å². The third-order valence-electron chi connectivity index (χ3n) is 6.57. The topological polar surface area (TPSA) is 481 Å². The summed E-state index contributed by atoms with van der Waals surface area (Å²) in [6, 6.07) is 0. The highest BCUT2D eigenvalue weighted by atomic mass is 31.3. The Hall–Kier alpha value is -3.25. The highest BCUT2D eigenvalue weighted by Gasteiger charge is 2.45. The largest absolute Gasteiger partial charge is 0.478 e. The van der Waals surface area contributed by atoms with Gasteiger partial charge in [0.2, 0.25) is 0 Å². The lowest BCUT2D eigenvalue weighted by atomic mass is 10.1. The van der Waals surface area contributed by atoms with E-state index in [2.05, 4.69) is 34.2 Å². The molecule has 0 amide bonds. The second-order valence-corrected chi connectivity index (χ2v) is 13.8. The second-order valence-electron chi connectivity index (χ2n) is 10.2. The molecule has 0 bridgehead atoms. The highest BCUT2D eigenvalue weighted by Crippen LogP contribution is 2.53. The zero-order valence-corrected chi connectivity index (χ0v) is 28.4. The van der Waals surface area contributed by atoms with Crippen molar-refractivity contribution in [2.75, 3.05) is 24.7 Å². The summed E-state index contributed by atoms with van der Waals surface area (Å²) in [7, 11) is -14.7. The number of hydrogen-bond acceptors (Lipinski definition) is 20. The Kier molecular flexibility index (Phi) is 14.3. The number of aromatic nitrogens is 8. The van der Waals surface area contributed by atoms with Gasteiger partial charge in [0, 0.05) is 0 Å². The molecule has 0 radical (unpaired) electrons. The lowest BCUT2D eigenvalue weighted by Gasteiger charge is -2.16. The molecule has 0 unspecified atom stereocenters. The monoisotopic (exact) mass is 810 g/mol. The number of nitrogens with two attached hydrogens (primary N) is 2. The Morgan fingerprint density at radius 3 is 1.19 bits per heavy atom. The van der Waals surface area contributed by atoms with E-state index < -0.39 is 85.8 Å².